The second-order valence-electron chi connectivity index (χ2n) is 4.70. The van der Waals surface area contributed by atoms with Gasteiger partial charge in [0.1, 0.15) is 0 Å². The molecule has 1 aromatic rings. The van der Waals surface area contributed by atoms with Crippen molar-refractivity contribution >= 4 is 23.8 Å². The topological polar surface area (TPSA) is 26.3 Å². The summed E-state index contributed by atoms with van der Waals surface area (Å²) in [5.41, 5.74) is 2.23. The highest BCUT2D eigenvalue weighted by atomic mass is 32.2. The Balaban J connectivity index is 2.05. The molecule has 0 aromatic heterocycles. The Bertz CT molecular complexity index is 454. The first kappa shape index (κ1) is 14.2. The van der Waals surface area contributed by atoms with Gasteiger partial charge >= 0.3 is 5.97 Å². The first-order valence-corrected chi connectivity index (χ1v) is 7.79. The summed E-state index contributed by atoms with van der Waals surface area (Å²) in [5, 5.41) is 0. The molecule has 19 heavy (non-hydrogen) atoms. The molecule has 1 heterocycles. The predicted molar refractivity (Wildman–Crippen MR) is 81.2 cm³/mol. The Labute approximate surface area is 119 Å². The third-order valence-electron chi connectivity index (χ3n) is 3.26. The molecule has 1 unspecified atom stereocenters. The molecule has 1 saturated heterocycles. The summed E-state index contributed by atoms with van der Waals surface area (Å²) in [4.78, 5) is 13.1. The number of thioether (sulfide) groups is 1. The van der Waals surface area contributed by atoms with E-state index in [-0.39, 0.29) is 11.9 Å². The lowest BCUT2D eigenvalue weighted by Crippen LogP contribution is -2.12. The summed E-state index contributed by atoms with van der Waals surface area (Å²) in [6.07, 6.45) is 4.73. The number of allylic oxidation sites excluding steroid dienone is 1. The van der Waals surface area contributed by atoms with Crippen LogP contribution in [0.5, 0.6) is 0 Å². The normalized spacial score (nSPS) is 18.5. The average molecular weight is 276 g/mol. The average Bonchev–Trinajstić information content (AvgIpc) is 2.92. The van der Waals surface area contributed by atoms with Gasteiger partial charge in [-0.1, -0.05) is 24.3 Å². The maximum atomic E-state index is 11.7. The molecule has 1 atom stereocenters. The van der Waals surface area contributed by atoms with E-state index in [0.29, 0.717) is 6.61 Å². The summed E-state index contributed by atoms with van der Waals surface area (Å²) in [7, 11) is 0. The molecule has 2 rings (SSSR count). The van der Waals surface area contributed by atoms with Crippen molar-refractivity contribution < 1.29 is 9.53 Å². The molecular weight excluding hydrogens is 256 g/mol. The van der Waals surface area contributed by atoms with Crippen molar-refractivity contribution in [3.8, 4) is 0 Å². The van der Waals surface area contributed by atoms with Crippen molar-refractivity contribution in [1.29, 1.82) is 0 Å². The number of ether oxygens (including phenoxy) is 1. The van der Waals surface area contributed by atoms with Crippen LogP contribution in [0, 0.1) is 0 Å². The molecule has 0 bridgehead atoms. The van der Waals surface area contributed by atoms with Crippen LogP contribution in [0.1, 0.15) is 43.7 Å². The fourth-order valence-corrected chi connectivity index (χ4v) is 3.16. The van der Waals surface area contributed by atoms with Crippen molar-refractivity contribution in [2.75, 3.05) is 12.4 Å². The summed E-state index contributed by atoms with van der Waals surface area (Å²) in [5.74, 6) is 0.895. The highest BCUT2D eigenvalue weighted by Gasteiger charge is 2.15. The van der Waals surface area contributed by atoms with Crippen molar-refractivity contribution in [3.05, 3.63) is 40.3 Å². The second kappa shape index (κ2) is 6.80. The molecule has 1 aliphatic rings. The van der Waals surface area contributed by atoms with Crippen LogP contribution in [0.25, 0.3) is 6.08 Å². The number of carbonyl (C=O) groups is 1. The minimum atomic E-state index is -0.192. The Morgan fingerprint density at radius 1 is 1.42 bits per heavy atom. The quantitative estimate of drug-likeness (QED) is 0.770. The van der Waals surface area contributed by atoms with Crippen LogP contribution >= 0.6 is 11.8 Å². The zero-order valence-corrected chi connectivity index (χ0v) is 12.3. The zero-order chi connectivity index (χ0) is 13.7. The van der Waals surface area contributed by atoms with Crippen LogP contribution in [0.4, 0.5) is 0 Å². The van der Waals surface area contributed by atoms with E-state index in [9.17, 15) is 4.79 Å². The highest BCUT2D eigenvalue weighted by Crippen LogP contribution is 2.32. The number of hydrogen-bond donors (Lipinski definition) is 0. The highest BCUT2D eigenvalue weighted by molar-refractivity contribution is 8.03. The van der Waals surface area contributed by atoms with E-state index in [0.717, 1.165) is 5.56 Å². The standard InChI is InChI=1S/C16H20O2S/c1-3-18-16(17)12(2)14-8-6-13(7-9-14)11-15-5-4-10-19-15/h6-9,11-12H,3-5,10H2,1-2H3/b15-11-. The van der Waals surface area contributed by atoms with Gasteiger partial charge in [-0.3, -0.25) is 4.79 Å². The van der Waals surface area contributed by atoms with Gasteiger partial charge in [0.2, 0.25) is 0 Å². The van der Waals surface area contributed by atoms with Crippen LogP contribution in [0.3, 0.4) is 0 Å². The van der Waals surface area contributed by atoms with E-state index in [4.69, 9.17) is 4.74 Å². The molecule has 2 nitrogen and oxygen atoms in total. The van der Waals surface area contributed by atoms with E-state index in [1.165, 1.54) is 29.1 Å². The van der Waals surface area contributed by atoms with Gasteiger partial charge in [0.25, 0.3) is 0 Å². The molecule has 0 saturated carbocycles. The first-order chi connectivity index (χ1) is 9.20. The van der Waals surface area contributed by atoms with Crippen LogP contribution in [0.2, 0.25) is 0 Å². The molecule has 1 fully saturated rings. The minimum absolute atomic E-state index is 0.153. The Kier molecular flexibility index (Phi) is 5.08. The lowest BCUT2D eigenvalue weighted by Gasteiger charge is -2.10. The molecule has 1 aromatic carbocycles. The Hall–Kier alpha value is -1.22. The first-order valence-electron chi connectivity index (χ1n) is 6.80. The third-order valence-corrected chi connectivity index (χ3v) is 4.44. The maximum Gasteiger partial charge on any atom is 0.313 e. The molecule has 0 spiro atoms. The summed E-state index contributed by atoms with van der Waals surface area (Å²) < 4.78 is 5.04. The van der Waals surface area contributed by atoms with E-state index in [1.807, 2.05) is 37.7 Å². The van der Waals surface area contributed by atoms with E-state index in [2.05, 4.69) is 18.2 Å². The SMILES string of the molecule is CCOC(=O)C(C)c1ccc(/C=C2/CCCS2)cc1. The van der Waals surface area contributed by atoms with Gasteiger partial charge in [-0.25, -0.2) is 0 Å². The molecule has 0 amide bonds. The molecule has 3 heteroatoms. The lowest BCUT2D eigenvalue weighted by atomic mass is 10.00. The number of esters is 1. The molecule has 0 radical (unpaired) electrons. The Morgan fingerprint density at radius 3 is 2.74 bits per heavy atom. The van der Waals surface area contributed by atoms with Gasteiger partial charge in [0.15, 0.2) is 0 Å². The van der Waals surface area contributed by atoms with Crippen LogP contribution < -0.4 is 0 Å². The maximum absolute atomic E-state index is 11.7. The number of hydrogen-bond acceptors (Lipinski definition) is 3. The molecule has 0 N–H and O–H groups in total. The fraction of sp³-hybridized carbons (Fsp3) is 0.438. The predicted octanol–water partition coefficient (Wildman–Crippen LogP) is 4.22. The largest absolute Gasteiger partial charge is 0.466 e. The Morgan fingerprint density at radius 2 is 2.16 bits per heavy atom. The van der Waals surface area contributed by atoms with Gasteiger partial charge in [-0.05, 0) is 54.6 Å². The number of rotatable bonds is 4. The fourth-order valence-electron chi connectivity index (χ4n) is 2.11. The lowest BCUT2D eigenvalue weighted by molar-refractivity contribution is -0.144. The van der Waals surface area contributed by atoms with Crippen LogP contribution in [-0.4, -0.2) is 18.3 Å². The van der Waals surface area contributed by atoms with E-state index in [1.54, 1.807) is 0 Å². The van der Waals surface area contributed by atoms with Crippen LogP contribution in [0.15, 0.2) is 29.2 Å². The van der Waals surface area contributed by atoms with Gasteiger partial charge in [-0.15, -0.1) is 11.8 Å². The second-order valence-corrected chi connectivity index (χ2v) is 5.92. The molecule has 0 aliphatic carbocycles. The van der Waals surface area contributed by atoms with E-state index < -0.39 is 0 Å². The molecule has 1 aliphatic heterocycles. The smallest absolute Gasteiger partial charge is 0.313 e. The zero-order valence-electron chi connectivity index (χ0n) is 11.5. The van der Waals surface area contributed by atoms with Crippen molar-refractivity contribution in [3.63, 3.8) is 0 Å². The summed E-state index contributed by atoms with van der Waals surface area (Å²) in [6.45, 7) is 4.15. The van der Waals surface area contributed by atoms with Gasteiger partial charge in [0.05, 0.1) is 12.5 Å². The third kappa shape index (κ3) is 3.87. The molecule has 102 valence electrons. The number of benzene rings is 1. The van der Waals surface area contributed by atoms with E-state index >= 15 is 0 Å². The summed E-state index contributed by atoms with van der Waals surface area (Å²) in [6, 6.07) is 8.20. The molecular formula is C16H20O2S. The van der Waals surface area contributed by atoms with Gasteiger partial charge in [0, 0.05) is 0 Å². The minimum Gasteiger partial charge on any atom is -0.466 e. The van der Waals surface area contributed by atoms with Crippen molar-refractivity contribution in [2.24, 2.45) is 0 Å². The summed E-state index contributed by atoms with van der Waals surface area (Å²) >= 11 is 1.95. The van der Waals surface area contributed by atoms with Crippen molar-refractivity contribution in [1.82, 2.24) is 0 Å². The number of carbonyl (C=O) groups excluding carboxylic acids is 1. The van der Waals surface area contributed by atoms with Gasteiger partial charge < -0.3 is 4.74 Å². The van der Waals surface area contributed by atoms with Crippen LogP contribution in [-0.2, 0) is 9.53 Å². The van der Waals surface area contributed by atoms with Gasteiger partial charge in [-0.2, -0.15) is 0 Å². The van der Waals surface area contributed by atoms with Crippen molar-refractivity contribution in [2.45, 2.75) is 32.6 Å². The monoisotopic (exact) mass is 276 g/mol.